The minimum atomic E-state index is -4.59. The molecule has 1 unspecified atom stereocenters. The molecule has 214 valence electrons. The van der Waals surface area contributed by atoms with Crippen LogP contribution in [0.25, 0.3) is 5.57 Å². The highest BCUT2D eigenvalue weighted by atomic mass is 32.1. The third-order valence-electron chi connectivity index (χ3n) is 7.27. The predicted octanol–water partition coefficient (Wildman–Crippen LogP) is 7.61. The number of aryl methyl sites for hydroxylation is 1. The van der Waals surface area contributed by atoms with E-state index in [0.29, 0.717) is 41.2 Å². The van der Waals surface area contributed by atoms with Gasteiger partial charge in [0, 0.05) is 47.9 Å². The van der Waals surface area contributed by atoms with Crippen molar-refractivity contribution >= 4 is 30.3 Å². The third-order valence-corrected chi connectivity index (χ3v) is 7.50. The van der Waals surface area contributed by atoms with E-state index in [1.807, 2.05) is 25.1 Å². The molecule has 10 heteroatoms. The Hall–Kier alpha value is -3.76. The average Bonchev–Trinajstić information content (AvgIpc) is 2.97. The second-order valence-corrected chi connectivity index (χ2v) is 10.2. The van der Waals surface area contributed by atoms with E-state index in [2.05, 4.69) is 39.4 Å². The van der Waals surface area contributed by atoms with Gasteiger partial charge < -0.3 is 10.7 Å². The molecule has 2 heterocycles. The summed E-state index contributed by atoms with van der Waals surface area (Å²) in [7, 11) is 0. The molecule has 3 aromatic rings. The largest absolute Gasteiger partial charge is 0.433 e. The Labute approximate surface area is 242 Å². The number of thiol groups is 1. The minimum Gasteiger partial charge on any atom is -0.355 e. The zero-order chi connectivity index (χ0) is 29.6. The van der Waals surface area contributed by atoms with Crippen LogP contribution in [0.2, 0.25) is 0 Å². The van der Waals surface area contributed by atoms with Crippen LogP contribution in [-0.2, 0) is 19.0 Å². The van der Waals surface area contributed by atoms with Crippen LogP contribution in [0.4, 0.5) is 23.2 Å². The van der Waals surface area contributed by atoms with Crippen LogP contribution in [0.15, 0.2) is 90.3 Å². The van der Waals surface area contributed by atoms with Crippen molar-refractivity contribution in [1.82, 2.24) is 14.7 Å². The Morgan fingerprint density at radius 2 is 1.93 bits per heavy atom. The van der Waals surface area contributed by atoms with Crippen molar-refractivity contribution in [3.05, 3.63) is 119 Å². The van der Waals surface area contributed by atoms with Crippen molar-refractivity contribution in [1.29, 1.82) is 5.41 Å². The average molecular weight is 582 g/mol. The fraction of sp³-hybridized carbons (Fsp3) is 0.258. The van der Waals surface area contributed by atoms with Crippen LogP contribution < -0.4 is 10.0 Å². The first-order valence-corrected chi connectivity index (χ1v) is 13.6. The number of nitrogens with one attached hydrogen (secondary N) is 3. The Balaban J connectivity index is 1.88. The van der Waals surface area contributed by atoms with E-state index in [0.717, 1.165) is 23.6 Å². The first-order valence-electron chi connectivity index (χ1n) is 13.1. The zero-order valence-electron chi connectivity index (χ0n) is 22.5. The van der Waals surface area contributed by atoms with Crippen molar-refractivity contribution in [3.63, 3.8) is 0 Å². The first-order chi connectivity index (χ1) is 19.6. The maximum absolute atomic E-state index is 13.6. The van der Waals surface area contributed by atoms with Crippen molar-refractivity contribution in [3.8, 4) is 0 Å². The number of hydrogen-bond donors (Lipinski definition) is 4. The molecule has 4 rings (SSSR count). The molecule has 1 aromatic carbocycles. The van der Waals surface area contributed by atoms with Crippen LogP contribution in [0.5, 0.6) is 0 Å². The quantitative estimate of drug-likeness (QED) is 0.107. The van der Waals surface area contributed by atoms with Crippen LogP contribution >= 0.6 is 12.8 Å². The Morgan fingerprint density at radius 3 is 2.59 bits per heavy atom. The predicted molar refractivity (Wildman–Crippen MR) is 158 cm³/mol. The monoisotopic (exact) mass is 581 g/mol. The number of benzene rings is 1. The van der Waals surface area contributed by atoms with Gasteiger partial charge in [-0.3, -0.25) is 9.71 Å². The number of alkyl halides is 3. The van der Waals surface area contributed by atoms with E-state index in [9.17, 15) is 17.6 Å². The van der Waals surface area contributed by atoms with E-state index in [-0.39, 0.29) is 24.4 Å². The molecule has 1 aliphatic rings. The van der Waals surface area contributed by atoms with Crippen molar-refractivity contribution in [2.75, 3.05) is 11.9 Å². The third kappa shape index (κ3) is 6.94. The summed E-state index contributed by atoms with van der Waals surface area (Å²) in [5.41, 5.74) is 3.36. The highest BCUT2D eigenvalue weighted by Crippen LogP contribution is 2.51. The summed E-state index contributed by atoms with van der Waals surface area (Å²) in [6, 6.07) is 13.6. The summed E-state index contributed by atoms with van der Waals surface area (Å²) in [6.45, 7) is 6.95. The van der Waals surface area contributed by atoms with Gasteiger partial charge in [0.25, 0.3) is 0 Å². The second kappa shape index (κ2) is 12.8. The summed E-state index contributed by atoms with van der Waals surface area (Å²) in [5.74, 6) is -0.373. The van der Waals surface area contributed by atoms with E-state index in [1.165, 1.54) is 24.4 Å². The molecule has 41 heavy (non-hydrogen) atoms. The van der Waals surface area contributed by atoms with Crippen LogP contribution in [0.3, 0.4) is 0 Å². The number of allylic oxidation sites excluding steroid dienone is 3. The van der Waals surface area contributed by atoms with Crippen molar-refractivity contribution < 1.29 is 17.6 Å². The normalized spacial score (nSPS) is 17.3. The molecule has 5 nitrogen and oxygen atoms in total. The topological polar surface area (TPSA) is 73.7 Å². The molecule has 2 aromatic heterocycles. The van der Waals surface area contributed by atoms with E-state index >= 15 is 0 Å². The summed E-state index contributed by atoms with van der Waals surface area (Å²) >= 11 is 4.17. The maximum Gasteiger partial charge on any atom is 0.433 e. The van der Waals surface area contributed by atoms with Crippen molar-refractivity contribution in [2.24, 2.45) is 5.41 Å². The number of anilines is 1. The molecule has 0 bridgehead atoms. The fourth-order valence-electron chi connectivity index (χ4n) is 5.11. The minimum absolute atomic E-state index is 0.105. The first kappa shape index (κ1) is 30.2. The van der Waals surface area contributed by atoms with Crippen molar-refractivity contribution in [2.45, 2.75) is 38.8 Å². The number of rotatable bonds is 11. The lowest BCUT2D eigenvalue weighted by molar-refractivity contribution is -0.141. The Morgan fingerprint density at radius 1 is 1.17 bits per heavy atom. The molecule has 1 atom stereocenters. The summed E-state index contributed by atoms with van der Waals surface area (Å²) in [6.07, 6.45) is 1.86. The van der Waals surface area contributed by atoms with Crippen LogP contribution in [0.1, 0.15) is 42.4 Å². The lowest BCUT2D eigenvalue weighted by atomic mass is 9.62. The highest BCUT2D eigenvalue weighted by molar-refractivity contribution is 7.78. The highest BCUT2D eigenvalue weighted by Gasteiger charge is 2.42. The number of halogens is 4. The standard InChI is InChI=1S/C31H31F4N5S/c1-3-21-11-13-37-27(15-21)20(2)30(18-26-5-4-6-29(40-26)31(33,34)35)17-22(19-36)28(16-23(30)12-14-38-41)39-25-9-7-24(32)8-10-25/h4-11,13,15-16,19,36,38-39,41H,2-3,12,14,17-18H2,1H3. The van der Waals surface area contributed by atoms with Gasteiger partial charge >= 0.3 is 6.18 Å². The van der Waals surface area contributed by atoms with E-state index in [4.69, 9.17) is 5.41 Å². The number of pyridine rings is 2. The molecular weight excluding hydrogens is 550 g/mol. The van der Waals surface area contributed by atoms with Gasteiger partial charge in [-0.15, -0.1) is 0 Å². The molecule has 0 aliphatic heterocycles. The lowest BCUT2D eigenvalue weighted by Gasteiger charge is -2.42. The van der Waals surface area contributed by atoms with Gasteiger partial charge in [0.15, 0.2) is 0 Å². The summed E-state index contributed by atoms with van der Waals surface area (Å²) < 4.78 is 57.2. The fourth-order valence-corrected chi connectivity index (χ4v) is 5.22. The maximum atomic E-state index is 13.6. The van der Waals surface area contributed by atoms with Gasteiger partial charge in [0.05, 0.1) is 5.69 Å². The Kier molecular flexibility index (Phi) is 9.45. The number of nitrogens with zero attached hydrogens (tertiary/aromatic N) is 2. The van der Waals surface area contributed by atoms with E-state index in [1.54, 1.807) is 24.4 Å². The molecule has 0 radical (unpaired) electrons. The van der Waals surface area contributed by atoms with Gasteiger partial charge in [0.2, 0.25) is 0 Å². The van der Waals surface area contributed by atoms with Gasteiger partial charge in [-0.25, -0.2) is 9.37 Å². The molecule has 3 N–H and O–H groups in total. The SMILES string of the molecule is C=C(c1cc(CC)ccn1)C1(Cc2cccc(C(F)(F)F)n2)CC(C=N)=C(Nc2ccc(F)cc2)C=C1CCNS. The van der Waals surface area contributed by atoms with Gasteiger partial charge in [0.1, 0.15) is 11.5 Å². The van der Waals surface area contributed by atoms with Crippen LogP contribution in [-0.4, -0.2) is 22.7 Å². The number of hydrogen-bond acceptors (Lipinski definition) is 6. The number of aromatic nitrogens is 2. The molecule has 0 saturated carbocycles. The molecular formula is C31H31F4N5S. The molecule has 0 saturated heterocycles. The molecule has 1 aliphatic carbocycles. The van der Waals surface area contributed by atoms with Crippen LogP contribution in [0, 0.1) is 16.6 Å². The smallest absolute Gasteiger partial charge is 0.355 e. The molecule has 0 spiro atoms. The van der Waals surface area contributed by atoms with E-state index < -0.39 is 17.3 Å². The second-order valence-electron chi connectivity index (χ2n) is 9.87. The Bertz CT molecular complexity index is 1480. The van der Waals surface area contributed by atoms with Gasteiger partial charge in [-0.2, -0.15) is 13.2 Å². The molecule has 0 fully saturated rings. The summed E-state index contributed by atoms with van der Waals surface area (Å²) in [4.78, 5) is 8.57. The lowest BCUT2D eigenvalue weighted by Crippen LogP contribution is -2.34. The zero-order valence-corrected chi connectivity index (χ0v) is 23.4. The molecule has 0 amide bonds. The van der Waals surface area contributed by atoms with Gasteiger partial charge in [-0.1, -0.05) is 38.0 Å². The summed E-state index contributed by atoms with van der Waals surface area (Å²) in [5, 5.41) is 11.5. The van der Waals surface area contributed by atoms with Gasteiger partial charge in [-0.05, 0) is 90.6 Å².